The summed E-state index contributed by atoms with van der Waals surface area (Å²) in [6.45, 7) is 7.67. The molecule has 1 aromatic rings. The van der Waals surface area contributed by atoms with Crippen LogP contribution in [0.1, 0.15) is 26.3 Å². The number of aromatic amines is 1. The topological polar surface area (TPSA) is 19.0 Å². The fourth-order valence-electron chi connectivity index (χ4n) is 0.968. The van der Waals surface area contributed by atoms with E-state index >= 15 is 0 Å². The van der Waals surface area contributed by atoms with E-state index in [4.69, 9.17) is 0 Å². The van der Waals surface area contributed by atoms with Crippen LogP contribution in [0, 0.1) is 0 Å². The number of nitrogens with one attached hydrogen (secondary N) is 1. The van der Waals surface area contributed by atoms with E-state index in [1.807, 2.05) is 12.4 Å². The molecule has 0 aliphatic heterocycles. The van der Waals surface area contributed by atoms with E-state index in [9.17, 15) is 0 Å². The van der Waals surface area contributed by atoms with Crippen LogP contribution in [0.15, 0.2) is 18.5 Å². The Labute approximate surface area is 74.6 Å². The van der Waals surface area contributed by atoms with Crippen LogP contribution in [0.25, 0.3) is 0 Å². The van der Waals surface area contributed by atoms with Gasteiger partial charge in [0, 0.05) is 24.5 Å². The molecule has 0 aliphatic rings. The highest BCUT2D eigenvalue weighted by molar-refractivity contribution is 5.08. The maximum Gasteiger partial charge on any atom is 0.0250 e. The summed E-state index contributed by atoms with van der Waals surface area (Å²) in [5, 5.41) is 0. The molecular weight excluding hydrogens is 148 g/mol. The Bertz CT molecular complexity index is 218. The van der Waals surface area contributed by atoms with E-state index in [-0.39, 0.29) is 5.54 Å². The number of hydrogen-bond donors (Lipinski definition) is 1. The second-order valence-corrected chi connectivity index (χ2v) is 4.25. The quantitative estimate of drug-likeness (QED) is 0.714. The Balaban J connectivity index is 2.53. The molecule has 0 bridgehead atoms. The van der Waals surface area contributed by atoms with E-state index < -0.39 is 0 Å². The van der Waals surface area contributed by atoms with Crippen LogP contribution in [0.5, 0.6) is 0 Å². The van der Waals surface area contributed by atoms with Crippen LogP contribution in [-0.2, 0) is 6.54 Å². The van der Waals surface area contributed by atoms with Crippen molar-refractivity contribution in [1.82, 2.24) is 9.88 Å². The van der Waals surface area contributed by atoms with E-state index in [0.717, 1.165) is 6.54 Å². The Kier molecular flexibility index (Phi) is 2.58. The first-order valence-electron chi connectivity index (χ1n) is 4.33. The lowest BCUT2D eigenvalue weighted by atomic mass is 10.1. The highest BCUT2D eigenvalue weighted by Gasteiger charge is 2.16. The molecule has 0 atom stereocenters. The molecule has 0 radical (unpaired) electrons. The zero-order valence-electron chi connectivity index (χ0n) is 8.39. The first-order valence-corrected chi connectivity index (χ1v) is 4.33. The van der Waals surface area contributed by atoms with Crippen molar-refractivity contribution in [1.29, 1.82) is 0 Å². The molecule has 1 N–H and O–H groups in total. The standard InChI is InChI=1S/C10H18N2/c1-10(2,3)12(4)8-9-5-6-11-7-9/h5-7,11H,8H2,1-4H3. The SMILES string of the molecule is CN(Cc1cc[nH]c1)C(C)(C)C. The van der Waals surface area contributed by atoms with Gasteiger partial charge in [0.1, 0.15) is 0 Å². The summed E-state index contributed by atoms with van der Waals surface area (Å²) in [6, 6.07) is 2.11. The summed E-state index contributed by atoms with van der Waals surface area (Å²) in [5.41, 5.74) is 1.59. The Morgan fingerprint density at radius 2 is 2.08 bits per heavy atom. The average molecular weight is 166 g/mol. The Morgan fingerprint density at radius 3 is 2.50 bits per heavy atom. The second kappa shape index (κ2) is 3.31. The third-order valence-corrected chi connectivity index (χ3v) is 2.23. The minimum absolute atomic E-state index is 0.247. The van der Waals surface area contributed by atoms with Gasteiger partial charge >= 0.3 is 0 Å². The summed E-state index contributed by atoms with van der Waals surface area (Å²) >= 11 is 0. The molecule has 0 unspecified atom stereocenters. The lowest BCUT2D eigenvalue weighted by Gasteiger charge is -2.31. The summed E-state index contributed by atoms with van der Waals surface area (Å²) < 4.78 is 0. The van der Waals surface area contributed by atoms with Gasteiger partial charge in [-0.15, -0.1) is 0 Å². The van der Waals surface area contributed by atoms with Gasteiger partial charge < -0.3 is 4.98 Å². The van der Waals surface area contributed by atoms with Crippen molar-refractivity contribution >= 4 is 0 Å². The molecule has 0 aliphatic carbocycles. The maximum atomic E-state index is 3.06. The Morgan fingerprint density at radius 1 is 1.42 bits per heavy atom. The van der Waals surface area contributed by atoms with E-state index in [2.05, 4.69) is 43.8 Å². The molecular formula is C10H18N2. The van der Waals surface area contributed by atoms with Crippen LogP contribution >= 0.6 is 0 Å². The summed E-state index contributed by atoms with van der Waals surface area (Å²) in [7, 11) is 2.15. The van der Waals surface area contributed by atoms with Gasteiger partial charge in [-0.25, -0.2) is 0 Å². The average Bonchev–Trinajstić information content (AvgIpc) is 2.37. The maximum absolute atomic E-state index is 3.06. The number of H-pyrrole nitrogens is 1. The highest BCUT2D eigenvalue weighted by Crippen LogP contribution is 2.13. The molecule has 68 valence electrons. The lowest BCUT2D eigenvalue weighted by molar-refractivity contribution is 0.167. The Hall–Kier alpha value is -0.760. The largest absolute Gasteiger partial charge is 0.367 e. The van der Waals surface area contributed by atoms with E-state index in [1.54, 1.807) is 0 Å². The normalized spacial score (nSPS) is 12.4. The number of hydrogen-bond acceptors (Lipinski definition) is 1. The predicted molar refractivity (Wildman–Crippen MR) is 52.0 cm³/mol. The zero-order valence-corrected chi connectivity index (χ0v) is 8.39. The molecule has 1 aromatic heterocycles. The molecule has 0 amide bonds. The van der Waals surface area contributed by atoms with Gasteiger partial charge in [0.2, 0.25) is 0 Å². The first-order chi connectivity index (χ1) is 5.50. The van der Waals surface area contributed by atoms with Gasteiger partial charge in [-0.3, -0.25) is 4.90 Å². The molecule has 0 spiro atoms. The van der Waals surface area contributed by atoms with Crippen LogP contribution in [0.2, 0.25) is 0 Å². The molecule has 2 heteroatoms. The van der Waals surface area contributed by atoms with Crippen molar-refractivity contribution in [3.8, 4) is 0 Å². The number of aromatic nitrogens is 1. The van der Waals surface area contributed by atoms with Crippen LogP contribution in [-0.4, -0.2) is 22.5 Å². The van der Waals surface area contributed by atoms with E-state index in [0.29, 0.717) is 0 Å². The van der Waals surface area contributed by atoms with Crippen molar-refractivity contribution < 1.29 is 0 Å². The van der Waals surface area contributed by atoms with Crippen molar-refractivity contribution in [2.75, 3.05) is 7.05 Å². The van der Waals surface area contributed by atoms with Crippen LogP contribution in [0.3, 0.4) is 0 Å². The van der Waals surface area contributed by atoms with Crippen LogP contribution < -0.4 is 0 Å². The van der Waals surface area contributed by atoms with Crippen molar-refractivity contribution in [2.24, 2.45) is 0 Å². The third-order valence-electron chi connectivity index (χ3n) is 2.23. The van der Waals surface area contributed by atoms with Gasteiger partial charge in [0.25, 0.3) is 0 Å². The van der Waals surface area contributed by atoms with Crippen molar-refractivity contribution in [3.05, 3.63) is 24.0 Å². The number of nitrogens with zero attached hydrogens (tertiary/aromatic N) is 1. The fourth-order valence-corrected chi connectivity index (χ4v) is 0.968. The minimum Gasteiger partial charge on any atom is -0.367 e. The predicted octanol–water partition coefficient (Wildman–Crippen LogP) is 2.25. The molecule has 2 nitrogen and oxygen atoms in total. The summed E-state index contributed by atoms with van der Waals surface area (Å²) in [4.78, 5) is 5.39. The molecule has 0 aromatic carbocycles. The smallest absolute Gasteiger partial charge is 0.0250 e. The highest BCUT2D eigenvalue weighted by atomic mass is 15.2. The third kappa shape index (κ3) is 2.38. The van der Waals surface area contributed by atoms with Gasteiger partial charge in [-0.1, -0.05) is 0 Å². The molecule has 0 fully saturated rings. The molecule has 0 saturated heterocycles. The molecule has 1 heterocycles. The van der Waals surface area contributed by atoms with Gasteiger partial charge in [0.05, 0.1) is 0 Å². The van der Waals surface area contributed by atoms with Crippen molar-refractivity contribution in [2.45, 2.75) is 32.9 Å². The fraction of sp³-hybridized carbons (Fsp3) is 0.600. The van der Waals surface area contributed by atoms with Gasteiger partial charge in [0.15, 0.2) is 0 Å². The van der Waals surface area contributed by atoms with Crippen molar-refractivity contribution in [3.63, 3.8) is 0 Å². The number of rotatable bonds is 2. The monoisotopic (exact) mass is 166 g/mol. The van der Waals surface area contributed by atoms with Crippen LogP contribution in [0.4, 0.5) is 0 Å². The summed E-state index contributed by atoms with van der Waals surface area (Å²) in [6.07, 6.45) is 4.01. The summed E-state index contributed by atoms with van der Waals surface area (Å²) in [5.74, 6) is 0. The molecule has 0 saturated carbocycles. The lowest BCUT2D eigenvalue weighted by Crippen LogP contribution is -2.37. The molecule has 1 rings (SSSR count). The minimum atomic E-state index is 0.247. The first kappa shape index (κ1) is 9.33. The molecule has 12 heavy (non-hydrogen) atoms. The zero-order chi connectivity index (χ0) is 9.19. The van der Waals surface area contributed by atoms with Gasteiger partial charge in [-0.05, 0) is 39.4 Å². The second-order valence-electron chi connectivity index (χ2n) is 4.25. The van der Waals surface area contributed by atoms with E-state index in [1.165, 1.54) is 5.56 Å². The van der Waals surface area contributed by atoms with Gasteiger partial charge in [-0.2, -0.15) is 0 Å².